The van der Waals surface area contributed by atoms with Crippen LogP contribution in [0.25, 0.3) is 11.1 Å². The minimum atomic E-state index is -0.0675. The molecular weight excluding hydrogens is 448 g/mol. The number of hydrogen-bond donors (Lipinski definition) is 1. The number of aromatic nitrogens is 1. The SMILES string of the molecule is Clc1ccc(Br)cc1CNC1(c2cnccc2-c2ccccc2OC2CC2)CC1. The molecule has 0 bridgehead atoms. The highest BCUT2D eigenvalue weighted by atomic mass is 79.9. The van der Waals surface area contributed by atoms with Crippen LogP contribution in [0.1, 0.15) is 36.8 Å². The third-order valence-corrected chi connectivity index (χ3v) is 6.57. The van der Waals surface area contributed by atoms with Crippen molar-refractivity contribution in [2.24, 2.45) is 0 Å². The maximum Gasteiger partial charge on any atom is 0.127 e. The first-order valence-corrected chi connectivity index (χ1v) is 11.2. The summed E-state index contributed by atoms with van der Waals surface area (Å²) in [4.78, 5) is 4.45. The van der Waals surface area contributed by atoms with Crippen LogP contribution in [0.4, 0.5) is 0 Å². The molecule has 3 aromatic rings. The van der Waals surface area contributed by atoms with Crippen molar-refractivity contribution in [2.45, 2.75) is 43.9 Å². The summed E-state index contributed by atoms with van der Waals surface area (Å²) in [6.07, 6.45) is 8.71. The Morgan fingerprint density at radius 1 is 1.10 bits per heavy atom. The first-order valence-electron chi connectivity index (χ1n) is 10.0. The Morgan fingerprint density at radius 3 is 2.72 bits per heavy atom. The van der Waals surface area contributed by atoms with Crippen molar-refractivity contribution < 1.29 is 4.74 Å². The van der Waals surface area contributed by atoms with E-state index in [9.17, 15) is 0 Å². The summed E-state index contributed by atoms with van der Waals surface area (Å²) in [5.41, 5.74) is 4.60. The highest BCUT2D eigenvalue weighted by molar-refractivity contribution is 9.10. The van der Waals surface area contributed by atoms with Gasteiger partial charge in [-0.05, 0) is 72.7 Å². The van der Waals surface area contributed by atoms with Crippen molar-refractivity contribution in [1.82, 2.24) is 10.3 Å². The smallest absolute Gasteiger partial charge is 0.127 e. The van der Waals surface area contributed by atoms with E-state index in [1.165, 1.54) is 11.1 Å². The minimum Gasteiger partial charge on any atom is -0.490 e. The van der Waals surface area contributed by atoms with Crippen molar-refractivity contribution in [1.29, 1.82) is 0 Å². The van der Waals surface area contributed by atoms with E-state index in [1.807, 2.05) is 30.6 Å². The summed E-state index contributed by atoms with van der Waals surface area (Å²) in [5, 5.41) is 4.55. The number of para-hydroxylation sites is 1. The molecule has 2 fully saturated rings. The molecule has 0 atom stereocenters. The molecule has 0 radical (unpaired) electrons. The van der Waals surface area contributed by atoms with Crippen molar-refractivity contribution in [3.8, 4) is 16.9 Å². The molecule has 0 spiro atoms. The zero-order chi connectivity index (χ0) is 19.8. The molecule has 0 unspecified atom stereocenters. The molecule has 1 heterocycles. The molecule has 5 heteroatoms. The van der Waals surface area contributed by atoms with Crippen LogP contribution < -0.4 is 10.1 Å². The number of ether oxygens (including phenoxy) is 1. The summed E-state index contributed by atoms with van der Waals surface area (Å²) in [7, 11) is 0. The quantitative estimate of drug-likeness (QED) is 0.430. The Kier molecular flexibility index (Phi) is 5.10. The minimum absolute atomic E-state index is 0.0675. The fraction of sp³-hybridized carbons (Fsp3) is 0.292. The van der Waals surface area contributed by atoms with E-state index < -0.39 is 0 Å². The van der Waals surface area contributed by atoms with Crippen LogP contribution in [-0.4, -0.2) is 11.1 Å². The van der Waals surface area contributed by atoms with E-state index >= 15 is 0 Å². The predicted molar refractivity (Wildman–Crippen MR) is 120 cm³/mol. The third-order valence-electron chi connectivity index (χ3n) is 5.71. The highest BCUT2D eigenvalue weighted by Crippen LogP contribution is 2.50. The second kappa shape index (κ2) is 7.75. The largest absolute Gasteiger partial charge is 0.490 e. The average molecular weight is 470 g/mol. The van der Waals surface area contributed by atoms with E-state index in [0.717, 1.165) is 52.1 Å². The predicted octanol–water partition coefficient (Wildman–Crippen LogP) is 6.48. The maximum absolute atomic E-state index is 6.40. The third kappa shape index (κ3) is 4.07. The van der Waals surface area contributed by atoms with Crippen LogP contribution in [0.15, 0.2) is 65.4 Å². The lowest BCUT2D eigenvalue weighted by Gasteiger charge is -2.22. The van der Waals surface area contributed by atoms with Crippen LogP contribution in [0.2, 0.25) is 5.02 Å². The normalized spacial score (nSPS) is 17.2. The number of benzene rings is 2. The van der Waals surface area contributed by atoms with Gasteiger partial charge in [0.25, 0.3) is 0 Å². The fourth-order valence-corrected chi connectivity index (χ4v) is 4.37. The van der Waals surface area contributed by atoms with Crippen LogP contribution in [-0.2, 0) is 12.1 Å². The molecule has 1 N–H and O–H groups in total. The standard InChI is InChI=1S/C24H22BrClN2O/c25-17-5-8-22(26)16(13-17)14-28-24(10-11-24)21-15-27-12-9-19(21)20-3-1-2-4-23(20)29-18-6-7-18/h1-5,8-9,12-13,15,18,28H,6-7,10-11,14H2. The number of hydrogen-bond acceptors (Lipinski definition) is 3. The van der Waals surface area contributed by atoms with E-state index in [4.69, 9.17) is 16.3 Å². The van der Waals surface area contributed by atoms with E-state index in [0.29, 0.717) is 12.6 Å². The zero-order valence-electron chi connectivity index (χ0n) is 16.0. The molecule has 5 rings (SSSR count). The summed E-state index contributed by atoms with van der Waals surface area (Å²) in [6.45, 7) is 0.715. The van der Waals surface area contributed by atoms with E-state index in [1.54, 1.807) is 0 Å². The van der Waals surface area contributed by atoms with Crippen molar-refractivity contribution in [3.63, 3.8) is 0 Å². The summed E-state index contributed by atoms with van der Waals surface area (Å²) in [6, 6.07) is 16.4. The fourth-order valence-electron chi connectivity index (χ4n) is 3.78. The maximum atomic E-state index is 6.40. The van der Waals surface area contributed by atoms with Gasteiger partial charge in [0, 0.05) is 39.5 Å². The van der Waals surface area contributed by atoms with Gasteiger partial charge in [0.15, 0.2) is 0 Å². The number of rotatable bonds is 7. The monoisotopic (exact) mass is 468 g/mol. The van der Waals surface area contributed by atoms with Gasteiger partial charge >= 0.3 is 0 Å². The summed E-state index contributed by atoms with van der Waals surface area (Å²) in [5.74, 6) is 0.966. The number of halogens is 2. The van der Waals surface area contributed by atoms with Gasteiger partial charge in [0.2, 0.25) is 0 Å². The van der Waals surface area contributed by atoms with Gasteiger partial charge in [-0.25, -0.2) is 0 Å². The molecule has 2 aliphatic rings. The molecule has 3 nitrogen and oxygen atoms in total. The molecule has 2 aliphatic carbocycles. The Hall–Kier alpha value is -1.88. The van der Waals surface area contributed by atoms with Crippen LogP contribution in [0.3, 0.4) is 0 Å². The topological polar surface area (TPSA) is 34.2 Å². The molecule has 2 saturated carbocycles. The number of nitrogens with zero attached hydrogens (tertiary/aromatic N) is 1. The van der Waals surface area contributed by atoms with Crippen molar-refractivity contribution in [2.75, 3.05) is 0 Å². The van der Waals surface area contributed by atoms with Gasteiger partial charge in [0.05, 0.1) is 6.10 Å². The molecule has 2 aromatic carbocycles. The lowest BCUT2D eigenvalue weighted by atomic mass is 9.94. The first kappa shape index (κ1) is 19.1. The lowest BCUT2D eigenvalue weighted by Crippen LogP contribution is -2.29. The highest BCUT2D eigenvalue weighted by Gasteiger charge is 2.45. The van der Waals surface area contributed by atoms with Crippen LogP contribution in [0, 0.1) is 0 Å². The molecule has 1 aromatic heterocycles. The Balaban J connectivity index is 1.46. The first-order chi connectivity index (χ1) is 14.1. The number of pyridine rings is 1. The molecule has 29 heavy (non-hydrogen) atoms. The van der Waals surface area contributed by atoms with Gasteiger partial charge in [-0.2, -0.15) is 0 Å². The van der Waals surface area contributed by atoms with Gasteiger partial charge in [-0.3, -0.25) is 4.98 Å². The Labute approximate surface area is 184 Å². The summed E-state index contributed by atoms with van der Waals surface area (Å²) < 4.78 is 7.23. The molecule has 0 aliphatic heterocycles. The average Bonchev–Trinajstić information content (AvgIpc) is 3.66. The van der Waals surface area contributed by atoms with Gasteiger partial charge in [0.1, 0.15) is 5.75 Å². The second-order valence-corrected chi connectivity index (χ2v) is 9.23. The van der Waals surface area contributed by atoms with Crippen LogP contribution in [0.5, 0.6) is 5.75 Å². The van der Waals surface area contributed by atoms with Gasteiger partial charge in [-0.15, -0.1) is 0 Å². The summed E-state index contributed by atoms with van der Waals surface area (Å²) >= 11 is 9.95. The Bertz CT molecular complexity index is 1050. The van der Waals surface area contributed by atoms with Crippen molar-refractivity contribution in [3.05, 3.63) is 81.5 Å². The number of nitrogens with one attached hydrogen (secondary N) is 1. The zero-order valence-corrected chi connectivity index (χ0v) is 18.3. The van der Waals surface area contributed by atoms with Crippen LogP contribution >= 0.6 is 27.5 Å². The van der Waals surface area contributed by atoms with E-state index in [2.05, 4.69) is 56.6 Å². The van der Waals surface area contributed by atoms with Crippen molar-refractivity contribution >= 4 is 27.5 Å². The second-order valence-electron chi connectivity index (χ2n) is 7.91. The van der Waals surface area contributed by atoms with E-state index in [-0.39, 0.29) is 5.54 Å². The molecule has 0 saturated heterocycles. The Morgan fingerprint density at radius 2 is 1.93 bits per heavy atom. The molecule has 0 amide bonds. The van der Waals surface area contributed by atoms with Gasteiger partial charge in [-0.1, -0.05) is 45.7 Å². The lowest BCUT2D eigenvalue weighted by molar-refractivity contribution is 0.304. The molecular formula is C24H22BrClN2O. The molecule has 148 valence electrons. The van der Waals surface area contributed by atoms with Gasteiger partial charge < -0.3 is 10.1 Å².